The van der Waals surface area contributed by atoms with Gasteiger partial charge in [0, 0.05) is 16.8 Å². The maximum Gasteiger partial charge on any atom is 0.234 e. The summed E-state index contributed by atoms with van der Waals surface area (Å²) in [6, 6.07) is 11.8. The molecular weight excluding hydrogens is 399 g/mol. The van der Waals surface area contributed by atoms with Gasteiger partial charge in [0.25, 0.3) is 0 Å². The summed E-state index contributed by atoms with van der Waals surface area (Å²) in [6.07, 6.45) is 0. The first-order chi connectivity index (χ1) is 13.4. The second-order valence-corrected chi connectivity index (χ2v) is 7.85. The molecule has 28 heavy (non-hydrogen) atoms. The molecule has 0 unspecified atom stereocenters. The van der Waals surface area contributed by atoms with Crippen LogP contribution >= 0.6 is 23.4 Å². The first kappa shape index (κ1) is 20.4. The lowest BCUT2D eigenvalue weighted by atomic mass is 10.2. The second kappa shape index (κ2) is 8.75. The highest BCUT2D eigenvalue weighted by molar-refractivity contribution is 7.99. The Kier molecular flexibility index (Phi) is 6.36. The zero-order valence-electron chi connectivity index (χ0n) is 15.7. The number of hydrogen-bond donors (Lipinski definition) is 1. The van der Waals surface area contributed by atoms with Gasteiger partial charge < -0.3 is 5.32 Å². The minimum absolute atomic E-state index is 0.00495. The summed E-state index contributed by atoms with van der Waals surface area (Å²) in [5.41, 5.74) is 1.87. The third-order valence-electron chi connectivity index (χ3n) is 4.17. The third kappa shape index (κ3) is 4.36. The van der Waals surface area contributed by atoms with Crippen LogP contribution in [0.4, 0.5) is 10.1 Å². The van der Waals surface area contributed by atoms with Crippen molar-refractivity contribution in [3.8, 4) is 11.4 Å². The van der Waals surface area contributed by atoms with Crippen LogP contribution in [0.3, 0.4) is 0 Å². The van der Waals surface area contributed by atoms with E-state index in [0.29, 0.717) is 27.3 Å². The number of nitrogens with one attached hydrogen (secondary N) is 1. The molecule has 5 nitrogen and oxygen atoms in total. The Morgan fingerprint density at radius 1 is 1.21 bits per heavy atom. The van der Waals surface area contributed by atoms with E-state index in [0.717, 1.165) is 5.56 Å². The first-order valence-electron chi connectivity index (χ1n) is 8.76. The number of benzene rings is 2. The highest BCUT2D eigenvalue weighted by atomic mass is 35.5. The number of carbonyl (C=O) groups excluding carboxylic acids is 1. The number of thioether (sulfide) groups is 1. The quantitative estimate of drug-likeness (QED) is 0.547. The minimum atomic E-state index is -0.359. The lowest BCUT2D eigenvalue weighted by Gasteiger charge is -2.14. The maximum atomic E-state index is 14.2. The van der Waals surface area contributed by atoms with Crippen LogP contribution in [0.2, 0.25) is 5.02 Å². The van der Waals surface area contributed by atoms with Crippen molar-refractivity contribution in [3.05, 3.63) is 58.9 Å². The van der Waals surface area contributed by atoms with Gasteiger partial charge in [0.05, 0.1) is 11.3 Å². The number of carbonyl (C=O) groups is 1. The smallest absolute Gasteiger partial charge is 0.234 e. The van der Waals surface area contributed by atoms with Crippen LogP contribution in [0.25, 0.3) is 11.4 Å². The van der Waals surface area contributed by atoms with Crippen molar-refractivity contribution in [3.63, 3.8) is 0 Å². The van der Waals surface area contributed by atoms with Crippen LogP contribution in [-0.2, 0) is 4.79 Å². The van der Waals surface area contributed by atoms with Gasteiger partial charge in [-0.1, -0.05) is 41.6 Å². The van der Waals surface area contributed by atoms with E-state index in [1.807, 2.05) is 25.3 Å². The van der Waals surface area contributed by atoms with E-state index in [1.54, 1.807) is 36.4 Å². The molecule has 3 rings (SSSR count). The van der Waals surface area contributed by atoms with Crippen molar-refractivity contribution in [1.82, 2.24) is 14.8 Å². The topological polar surface area (TPSA) is 59.8 Å². The van der Waals surface area contributed by atoms with Gasteiger partial charge in [0.1, 0.15) is 5.82 Å². The zero-order chi connectivity index (χ0) is 20.3. The largest absolute Gasteiger partial charge is 0.325 e. The molecule has 0 aliphatic rings. The number of aromatic nitrogens is 3. The number of hydrogen-bond acceptors (Lipinski definition) is 4. The summed E-state index contributed by atoms with van der Waals surface area (Å²) in [5.74, 6) is 0.0546. The SMILES string of the molecule is Cc1c(Cl)cccc1NC(=O)CSc1nnc(-c2ccccc2F)n1C(C)C. The summed E-state index contributed by atoms with van der Waals surface area (Å²) in [6.45, 7) is 5.78. The molecule has 0 saturated carbocycles. The van der Waals surface area contributed by atoms with Crippen LogP contribution in [0.15, 0.2) is 47.6 Å². The average Bonchev–Trinajstić information content (AvgIpc) is 3.08. The Balaban J connectivity index is 1.77. The Bertz CT molecular complexity index is 1010. The van der Waals surface area contributed by atoms with Crippen molar-refractivity contribution in [1.29, 1.82) is 0 Å². The highest BCUT2D eigenvalue weighted by Gasteiger charge is 2.20. The second-order valence-electron chi connectivity index (χ2n) is 6.50. The highest BCUT2D eigenvalue weighted by Crippen LogP contribution is 2.29. The molecule has 0 aliphatic carbocycles. The van der Waals surface area contributed by atoms with Gasteiger partial charge in [-0.15, -0.1) is 10.2 Å². The fourth-order valence-electron chi connectivity index (χ4n) is 2.73. The van der Waals surface area contributed by atoms with E-state index in [1.165, 1.54) is 17.8 Å². The van der Waals surface area contributed by atoms with E-state index in [9.17, 15) is 9.18 Å². The number of amides is 1. The molecule has 0 radical (unpaired) electrons. The van der Waals surface area contributed by atoms with E-state index >= 15 is 0 Å². The van der Waals surface area contributed by atoms with Crippen molar-refractivity contribution in [2.24, 2.45) is 0 Å². The van der Waals surface area contributed by atoms with E-state index in [4.69, 9.17) is 11.6 Å². The van der Waals surface area contributed by atoms with E-state index in [-0.39, 0.29) is 23.5 Å². The number of anilines is 1. The zero-order valence-corrected chi connectivity index (χ0v) is 17.3. The Morgan fingerprint density at radius 3 is 2.68 bits per heavy atom. The van der Waals surface area contributed by atoms with Crippen LogP contribution in [0.5, 0.6) is 0 Å². The van der Waals surface area contributed by atoms with Crippen molar-refractivity contribution in [2.75, 3.05) is 11.1 Å². The molecule has 1 heterocycles. The van der Waals surface area contributed by atoms with Crippen LogP contribution in [-0.4, -0.2) is 26.4 Å². The molecule has 0 bridgehead atoms. The Labute approximate surface area is 172 Å². The summed E-state index contributed by atoms with van der Waals surface area (Å²) >= 11 is 7.35. The van der Waals surface area contributed by atoms with Crippen LogP contribution in [0.1, 0.15) is 25.5 Å². The molecule has 2 aromatic carbocycles. The molecule has 0 saturated heterocycles. The molecular formula is C20H20ClFN4OS. The summed E-state index contributed by atoms with van der Waals surface area (Å²) in [7, 11) is 0. The molecule has 1 aromatic heterocycles. The molecule has 0 aliphatic heterocycles. The molecule has 0 atom stereocenters. The van der Waals surface area contributed by atoms with Crippen LogP contribution < -0.4 is 5.32 Å². The molecule has 146 valence electrons. The molecule has 3 aromatic rings. The lowest BCUT2D eigenvalue weighted by molar-refractivity contribution is -0.113. The Morgan fingerprint density at radius 2 is 1.96 bits per heavy atom. The van der Waals surface area contributed by atoms with Gasteiger partial charge in [0.2, 0.25) is 5.91 Å². The predicted octanol–water partition coefficient (Wildman–Crippen LogP) is 5.36. The first-order valence-corrected chi connectivity index (χ1v) is 10.1. The fourth-order valence-corrected chi connectivity index (χ4v) is 3.77. The summed E-state index contributed by atoms with van der Waals surface area (Å²) < 4.78 is 16.0. The monoisotopic (exact) mass is 418 g/mol. The average molecular weight is 419 g/mol. The normalized spacial score (nSPS) is 11.1. The van der Waals surface area contributed by atoms with Gasteiger partial charge >= 0.3 is 0 Å². The summed E-state index contributed by atoms with van der Waals surface area (Å²) in [4.78, 5) is 12.4. The molecule has 1 N–H and O–H groups in total. The molecule has 8 heteroatoms. The Hall–Kier alpha value is -2.38. The van der Waals surface area contributed by atoms with Gasteiger partial charge in [-0.25, -0.2) is 4.39 Å². The van der Waals surface area contributed by atoms with Crippen molar-refractivity contribution in [2.45, 2.75) is 32.0 Å². The minimum Gasteiger partial charge on any atom is -0.325 e. The third-order valence-corrected chi connectivity index (χ3v) is 5.52. The summed E-state index contributed by atoms with van der Waals surface area (Å²) in [5, 5.41) is 12.3. The van der Waals surface area contributed by atoms with Crippen molar-refractivity contribution >= 4 is 35.0 Å². The standard InChI is InChI=1S/C20H20ClFN4OS/c1-12(2)26-19(14-7-4-5-9-16(14)22)24-25-20(26)28-11-18(27)23-17-10-6-8-15(21)13(17)3/h4-10,12H,11H2,1-3H3,(H,23,27). The molecule has 0 fully saturated rings. The van der Waals surface area contributed by atoms with Gasteiger partial charge in [-0.05, 0) is 50.6 Å². The number of halogens is 2. The van der Waals surface area contributed by atoms with Gasteiger partial charge in [-0.3, -0.25) is 9.36 Å². The molecule has 1 amide bonds. The number of rotatable bonds is 6. The number of nitrogens with zero attached hydrogens (tertiary/aromatic N) is 3. The molecule has 0 spiro atoms. The van der Waals surface area contributed by atoms with Crippen molar-refractivity contribution < 1.29 is 9.18 Å². The van der Waals surface area contributed by atoms with Gasteiger partial charge in [0.15, 0.2) is 11.0 Å². The van der Waals surface area contributed by atoms with Crippen LogP contribution in [0, 0.1) is 12.7 Å². The van der Waals surface area contributed by atoms with Gasteiger partial charge in [-0.2, -0.15) is 0 Å². The van der Waals surface area contributed by atoms with E-state index in [2.05, 4.69) is 15.5 Å². The predicted molar refractivity (Wildman–Crippen MR) is 111 cm³/mol. The van der Waals surface area contributed by atoms with E-state index < -0.39 is 0 Å². The fraction of sp³-hybridized carbons (Fsp3) is 0.250. The lowest BCUT2D eigenvalue weighted by Crippen LogP contribution is -2.15. The maximum absolute atomic E-state index is 14.2.